The zero-order chi connectivity index (χ0) is 18.1. The topological polar surface area (TPSA) is 49.4 Å². The van der Waals surface area contributed by atoms with Crippen LogP contribution >= 0.6 is 0 Å². The molecule has 2 aromatic carbocycles. The molecule has 4 nitrogen and oxygen atoms in total. The fraction of sp³-hybridized carbons (Fsp3) is 0.333. The number of halogens is 1. The number of aryl methyl sites for hydroxylation is 1. The second kappa shape index (κ2) is 6.90. The summed E-state index contributed by atoms with van der Waals surface area (Å²) in [4.78, 5) is 26.6. The Labute approximate surface area is 152 Å². The second-order valence-corrected chi connectivity index (χ2v) is 7.04. The molecule has 1 aliphatic heterocycles. The van der Waals surface area contributed by atoms with Crippen LogP contribution in [0.5, 0.6) is 0 Å². The van der Waals surface area contributed by atoms with Crippen molar-refractivity contribution in [2.24, 2.45) is 5.92 Å². The predicted octanol–water partition coefficient (Wildman–Crippen LogP) is 3.37. The van der Waals surface area contributed by atoms with Crippen molar-refractivity contribution in [3.05, 3.63) is 65.5 Å². The summed E-state index contributed by atoms with van der Waals surface area (Å²) < 4.78 is 13.4. The minimum Gasteiger partial charge on any atom is -0.349 e. The highest BCUT2D eigenvalue weighted by molar-refractivity contribution is 6.00. The summed E-state index contributed by atoms with van der Waals surface area (Å²) >= 11 is 0. The number of carbonyl (C=O) groups excluding carboxylic acids is 2. The molecule has 2 aliphatic rings. The monoisotopic (exact) mass is 352 g/mol. The van der Waals surface area contributed by atoms with E-state index < -0.39 is 5.92 Å². The highest BCUT2D eigenvalue weighted by atomic mass is 19.1. The first kappa shape index (κ1) is 16.8. The maximum atomic E-state index is 13.4. The Balaban J connectivity index is 1.46. The first-order valence-corrected chi connectivity index (χ1v) is 9.06. The summed E-state index contributed by atoms with van der Waals surface area (Å²) in [5.74, 6) is -1.03. The van der Waals surface area contributed by atoms with Crippen LogP contribution < -0.4 is 10.2 Å². The minimum atomic E-state index is -0.403. The average molecular weight is 352 g/mol. The van der Waals surface area contributed by atoms with Gasteiger partial charge in [0.1, 0.15) is 5.82 Å². The van der Waals surface area contributed by atoms with Gasteiger partial charge in [0.25, 0.3) is 0 Å². The third-order valence-electron chi connectivity index (χ3n) is 5.30. The van der Waals surface area contributed by atoms with Gasteiger partial charge in [-0.3, -0.25) is 9.59 Å². The van der Waals surface area contributed by atoms with E-state index in [-0.39, 0.29) is 30.1 Å². The Morgan fingerprint density at radius 3 is 2.85 bits per heavy atom. The van der Waals surface area contributed by atoms with Crippen LogP contribution in [0.15, 0.2) is 48.5 Å². The van der Waals surface area contributed by atoms with Crippen molar-refractivity contribution in [2.75, 3.05) is 11.4 Å². The van der Waals surface area contributed by atoms with Crippen LogP contribution in [0.2, 0.25) is 0 Å². The van der Waals surface area contributed by atoms with Gasteiger partial charge in [0.2, 0.25) is 11.8 Å². The molecule has 1 saturated heterocycles. The van der Waals surface area contributed by atoms with Crippen molar-refractivity contribution in [3.8, 4) is 0 Å². The molecule has 2 atom stereocenters. The normalized spacial score (nSPS) is 22.2. The van der Waals surface area contributed by atoms with Crippen molar-refractivity contribution in [2.45, 2.75) is 31.7 Å². The molecule has 0 bridgehead atoms. The molecule has 0 aromatic heterocycles. The molecule has 0 saturated carbocycles. The van der Waals surface area contributed by atoms with Crippen molar-refractivity contribution in [3.63, 3.8) is 0 Å². The summed E-state index contributed by atoms with van der Waals surface area (Å²) in [6.07, 6.45) is 3.16. The van der Waals surface area contributed by atoms with E-state index in [1.54, 1.807) is 12.1 Å². The summed E-state index contributed by atoms with van der Waals surface area (Å²) in [6.45, 7) is 0.294. The van der Waals surface area contributed by atoms with Gasteiger partial charge in [-0.15, -0.1) is 0 Å². The number of anilines is 1. The summed E-state index contributed by atoms with van der Waals surface area (Å²) in [5, 5.41) is 3.13. The zero-order valence-electron chi connectivity index (χ0n) is 14.5. The van der Waals surface area contributed by atoms with Gasteiger partial charge in [0.05, 0.1) is 12.0 Å². The van der Waals surface area contributed by atoms with Crippen molar-refractivity contribution in [1.82, 2.24) is 5.32 Å². The number of nitrogens with one attached hydrogen (secondary N) is 1. The fourth-order valence-corrected chi connectivity index (χ4v) is 3.97. The van der Waals surface area contributed by atoms with E-state index in [1.807, 2.05) is 12.1 Å². The molecule has 0 radical (unpaired) electrons. The third-order valence-corrected chi connectivity index (χ3v) is 5.30. The van der Waals surface area contributed by atoms with Crippen LogP contribution in [0.4, 0.5) is 10.1 Å². The molecule has 5 heteroatoms. The van der Waals surface area contributed by atoms with E-state index >= 15 is 0 Å². The lowest BCUT2D eigenvalue weighted by Crippen LogP contribution is -2.36. The van der Waals surface area contributed by atoms with Crippen LogP contribution in [0, 0.1) is 11.7 Å². The van der Waals surface area contributed by atoms with Gasteiger partial charge in [-0.1, -0.05) is 30.3 Å². The minimum absolute atomic E-state index is 0.00534. The van der Waals surface area contributed by atoms with Crippen molar-refractivity contribution >= 4 is 17.5 Å². The summed E-state index contributed by atoms with van der Waals surface area (Å²) in [7, 11) is 0. The predicted molar refractivity (Wildman–Crippen MR) is 97.1 cm³/mol. The fourth-order valence-electron chi connectivity index (χ4n) is 3.97. The smallest absolute Gasteiger partial charge is 0.227 e. The van der Waals surface area contributed by atoms with Gasteiger partial charge in [-0.2, -0.15) is 0 Å². The van der Waals surface area contributed by atoms with Gasteiger partial charge in [0.15, 0.2) is 0 Å². The first-order valence-electron chi connectivity index (χ1n) is 9.06. The van der Waals surface area contributed by atoms with Crippen LogP contribution in [0.3, 0.4) is 0 Å². The lowest BCUT2D eigenvalue weighted by molar-refractivity contribution is -0.127. The Hall–Kier alpha value is -2.69. The number of hydrogen-bond acceptors (Lipinski definition) is 2. The number of rotatable bonds is 3. The molecule has 2 amide bonds. The Bertz CT molecular complexity index is 851. The van der Waals surface area contributed by atoms with Gasteiger partial charge >= 0.3 is 0 Å². The molecule has 134 valence electrons. The molecule has 1 N–H and O–H groups in total. The lowest BCUT2D eigenvalue weighted by Gasteiger charge is -2.27. The quantitative estimate of drug-likeness (QED) is 0.921. The number of amides is 2. The first-order chi connectivity index (χ1) is 12.6. The molecule has 0 spiro atoms. The molecule has 1 aliphatic carbocycles. The number of carbonyl (C=O) groups is 2. The third kappa shape index (κ3) is 3.21. The van der Waals surface area contributed by atoms with Crippen LogP contribution in [-0.2, 0) is 16.0 Å². The van der Waals surface area contributed by atoms with E-state index in [2.05, 4.69) is 17.4 Å². The Morgan fingerprint density at radius 1 is 1.15 bits per heavy atom. The van der Waals surface area contributed by atoms with Crippen LogP contribution in [-0.4, -0.2) is 18.4 Å². The van der Waals surface area contributed by atoms with Crippen LogP contribution in [0.25, 0.3) is 0 Å². The second-order valence-electron chi connectivity index (χ2n) is 7.04. The van der Waals surface area contributed by atoms with E-state index in [4.69, 9.17) is 0 Å². The largest absolute Gasteiger partial charge is 0.349 e. The molecule has 0 unspecified atom stereocenters. The molecule has 1 fully saturated rings. The number of fused-ring (bicyclic) bond motifs is 1. The molecular weight excluding hydrogens is 331 g/mol. The number of benzene rings is 2. The van der Waals surface area contributed by atoms with E-state index in [0.717, 1.165) is 19.3 Å². The standard InChI is InChI=1S/C21H21FN2O2/c22-16-7-4-8-17(12-16)24-13-15(11-20(24)25)21(26)23-19-10-3-6-14-5-1-2-9-18(14)19/h1-2,4-5,7-9,12,15,19H,3,6,10-11,13H2,(H,23,26)/t15-,19+/m1/s1. The molecule has 26 heavy (non-hydrogen) atoms. The summed E-state index contributed by atoms with van der Waals surface area (Å²) in [6, 6.07) is 14.1. The van der Waals surface area contributed by atoms with Gasteiger partial charge in [-0.05, 0) is 48.6 Å². The number of hydrogen-bond donors (Lipinski definition) is 1. The van der Waals surface area contributed by atoms with Gasteiger partial charge < -0.3 is 10.2 Å². The molecule has 2 aromatic rings. The van der Waals surface area contributed by atoms with Gasteiger partial charge in [0, 0.05) is 18.7 Å². The van der Waals surface area contributed by atoms with Crippen LogP contribution in [0.1, 0.15) is 36.4 Å². The molecule has 4 rings (SSSR count). The van der Waals surface area contributed by atoms with Crippen molar-refractivity contribution < 1.29 is 14.0 Å². The Kier molecular flexibility index (Phi) is 4.45. The highest BCUT2D eigenvalue weighted by Gasteiger charge is 2.36. The average Bonchev–Trinajstić information content (AvgIpc) is 3.04. The number of nitrogens with zero attached hydrogens (tertiary/aromatic N) is 1. The van der Waals surface area contributed by atoms with E-state index in [1.165, 1.54) is 28.2 Å². The molecule has 1 heterocycles. The lowest BCUT2D eigenvalue weighted by atomic mass is 9.87. The van der Waals surface area contributed by atoms with Crippen molar-refractivity contribution in [1.29, 1.82) is 0 Å². The SMILES string of the molecule is O=C(N[C@H]1CCCc2ccccc21)[C@@H]1CC(=O)N(c2cccc(F)c2)C1. The van der Waals surface area contributed by atoms with E-state index in [0.29, 0.717) is 12.2 Å². The van der Waals surface area contributed by atoms with Gasteiger partial charge in [-0.25, -0.2) is 4.39 Å². The zero-order valence-corrected chi connectivity index (χ0v) is 14.5. The maximum absolute atomic E-state index is 13.4. The van der Waals surface area contributed by atoms with E-state index in [9.17, 15) is 14.0 Å². The maximum Gasteiger partial charge on any atom is 0.227 e. The summed E-state index contributed by atoms with van der Waals surface area (Å²) in [5.41, 5.74) is 2.97. The molecular formula is C21H21FN2O2. The highest BCUT2D eigenvalue weighted by Crippen LogP contribution is 2.31. The Morgan fingerprint density at radius 2 is 2.00 bits per heavy atom.